The predicted octanol–water partition coefficient (Wildman–Crippen LogP) is 7.31. The summed E-state index contributed by atoms with van der Waals surface area (Å²) in [6.45, 7) is 4.22. The van der Waals surface area contributed by atoms with E-state index >= 15 is 0 Å². The fraction of sp³-hybridized carbons (Fsp3) is 0.362. The molecular formula is C47H56N4O14. The summed E-state index contributed by atoms with van der Waals surface area (Å²) < 4.78 is 54.7. The zero-order valence-corrected chi connectivity index (χ0v) is 37.9. The molecule has 0 heterocycles. The van der Waals surface area contributed by atoms with Crippen LogP contribution in [0.2, 0.25) is 0 Å². The minimum Gasteiger partial charge on any atom is -0.493 e. The molecule has 348 valence electrons. The molecule has 0 saturated carbocycles. The monoisotopic (exact) mass is 900 g/mol. The third kappa shape index (κ3) is 14.8. The molecule has 2 amide bonds. The molecule has 4 aromatic carbocycles. The zero-order valence-electron chi connectivity index (χ0n) is 37.9. The Balaban J connectivity index is 1.16. The van der Waals surface area contributed by atoms with Crippen LogP contribution in [0.3, 0.4) is 0 Å². The van der Waals surface area contributed by atoms with E-state index in [1.807, 2.05) is 0 Å². The Morgan fingerprint density at radius 3 is 1.14 bits per heavy atom. The first kappa shape index (κ1) is 50.1. The van der Waals surface area contributed by atoms with Crippen molar-refractivity contribution in [1.29, 1.82) is 0 Å². The highest BCUT2D eigenvalue weighted by atomic mass is 16.6. The van der Waals surface area contributed by atoms with Gasteiger partial charge in [-0.25, -0.2) is 20.4 Å². The molecule has 0 atom stereocenters. The average molecular weight is 901 g/mol. The van der Waals surface area contributed by atoms with Gasteiger partial charge < -0.3 is 47.4 Å². The zero-order chi connectivity index (χ0) is 47.1. The van der Waals surface area contributed by atoms with Crippen LogP contribution < -0.4 is 58.2 Å². The van der Waals surface area contributed by atoms with Crippen molar-refractivity contribution < 1.29 is 66.5 Å². The first-order valence-corrected chi connectivity index (χ1v) is 20.7. The van der Waals surface area contributed by atoms with Crippen molar-refractivity contribution in [2.45, 2.75) is 58.8 Å². The topological polar surface area (TPSA) is 209 Å². The lowest BCUT2D eigenvalue weighted by atomic mass is 10.1. The standard InChI is InChI=1S/C47H56N4O14/c1-9-62-36-22-30(18-20-34(36)64-46(54)32-24-38(56-3)44(60-7)39(25-32)57-4)28-48-50-42(52)16-14-12-11-13-15-17-43(53)51-49-29-31-19-21-35(37(23-31)63-10-2)65-47(55)33-26-40(58-5)45(61-8)41(27-33)59-6/h18-29H,9-17H2,1-8H3,(H,50,52)(H,51,53)/b48-28+,49-29+. The van der Waals surface area contributed by atoms with Gasteiger partial charge in [0.05, 0.1) is 79.4 Å². The van der Waals surface area contributed by atoms with E-state index < -0.39 is 11.9 Å². The number of nitrogens with one attached hydrogen (secondary N) is 2. The number of carbonyl (C=O) groups is 4. The van der Waals surface area contributed by atoms with Gasteiger partial charge in [0.25, 0.3) is 0 Å². The summed E-state index contributed by atoms with van der Waals surface area (Å²) in [6, 6.07) is 15.7. The molecule has 0 bridgehead atoms. The molecule has 18 nitrogen and oxygen atoms in total. The number of rotatable bonds is 26. The van der Waals surface area contributed by atoms with E-state index in [9.17, 15) is 19.2 Å². The number of carbonyl (C=O) groups excluding carboxylic acids is 4. The van der Waals surface area contributed by atoms with Gasteiger partial charge in [-0.15, -0.1) is 0 Å². The molecular weight excluding hydrogens is 845 g/mol. The maximum atomic E-state index is 13.1. The van der Waals surface area contributed by atoms with Crippen molar-refractivity contribution in [3.05, 3.63) is 82.9 Å². The molecule has 0 aliphatic carbocycles. The van der Waals surface area contributed by atoms with Gasteiger partial charge in [0.2, 0.25) is 23.3 Å². The van der Waals surface area contributed by atoms with E-state index in [4.69, 9.17) is 47.4 Å². The van der Waals surface area contributed by atoms with Crippen molar-refractivity contribution in [3.8, 4) is 57.5 Å². The van der Waals surface area contributed by atoms with Crippen LogP contribution in [-0.2, 0) is 9.59 Å². The molecule has 2 N–H and O–H groups in total. The molecule has 0 aliphatic rings. The molecule has 65 heavy (non-hydrogen) atoms. The highest BCUT2D eigenvalue weighted by Gasteiger charge is 2.22. The molecule has 4 rings (SSSR count). The number of amides is 2. The molecule has 18 heteroatoms. The van der Waals surface area contributed by atoms with E-state index in [0.717, 1.165) is 19.3 Å². The van der Waals surface area contributed by atoms with Crippen LogP contribution in [-0.4, -0.2) is 92.1 Å². The second-order valence-corrected chi connectivity index (χ2v) is 13.7. The van der Waals surface area contributed by atoms with Gasteiger partial charge in [-0.05, 0) is 98.5 Å². The average Bonchev–Trinajstić information content (AvgIpc) is 3.31. The number of methoxy groups -OCH3 is 6. The Morgan fingerprint density at radius 2 is 0.815 bits per heavy atom. The Kier molecular flexibility index (Phi) is 20.2. The Bertz CT molecular complexity index is 2100. The maximum absolute atomic E-state index is 13.1. The van der Waals surface area contributed by atoms with Crippen LogP contribution in [0.15, 0.2) is 70.9 Å². The summed E-state index contributed by atoms with van der Waals surface area (Å²) in [7, 11) is 8.74. The number of nitrogens with zero attached hydrogens (tertiary/aromatic N) is 2. The summed E-state index contributed by atoms with van der Waals surface area (Å²) in [4.78, 5) is 51.0. The third-order valence-electron chi connectivity index (χ3n) is 9.35. The Hall–Kier alpha value is -7.50. The van der Waals surface area contributed by atoms with Crippen LogP contribution >= 0.6 is 0 Å². The summed E-state index contributed by atoms with van der Waals surface area (Å²) in [6.07, 6.45) is 7.28. The second kappa shape index (κ2) is 26.2. The van der Waals surface area contributed by atoms with Crippen LogP contribution in [0.4, 0.5) is 0 Å². The molecule has 4 aromatic rings. The summed E-state index contributed by atoms with van der Waals surface area (Å²) in [5, 5.41) is 8.12. The highest BCUT2D eigenvalue weighted by molar-refractivity contribution is 5.94. The lowest BCUT2D eigenvalue weighted by Crippen LogP contribution is -2.17. The van der Waals surface area contributed by atoms with E-state index in [1.54, 1.807) is 50.2 Å². The lowest BCUT2D eigenvalue weighted by Gasteiger charge is -2.15. The van der Waals surface area contributed by atoms with Gasteiger partial charge in [0.1, 0.15) is 0 Å². The fourth-order valence-corrected chi connectivity index (χ4v) is 6.20. The van der Waals surface area contributed by atoms with Crippen molar-refractivity contribution in [1.82, 2.24) is 10.9 Å². The molecule has 0 saturated heterocycles. The molecule has 0 aromatic heterocycles. The molecule has 0 aliphatic heterocycles. The van der Waals surface area contributed by atoms with E-state index in [2.05, 4.69) is 21.1 Å². The van der Waals surface area contributed by atoms with Gasteiger partial charge in [0.15, 0.2) is 46.0 Å². The van der Waals surface area contributed by atoms with Gasteiger partial charge in [-0.1, -0.05) is 19.3 Å². The summed E-state index contributed by atoms with van der Waals surface area (Å²) in [5.74, 6) is 1.10. The number of unbranched alkanes of at least 4 members (excludes halogenated alkanes) is 4. The van der Waals surface area contributed by atoms with Crippen LogP contribution in [0.1, 0.15) is 90.6 Å². The van der Waals surface area contributed by atoms with Crippen LogP contribution in [0.5, 0.6) is 57.5 Å². The molecule has 0 radical (unpaired) electrons. The molecule has 0 spiro atoms. The first-order chi connectivity index (χ1) is 31.5. The van der Waals surface area contributed by atoms with Gasteiger partial charge in [0, 0.05) is 12.8 Å². The van der Waals surface area contributed by atoms with Crippen molar-refractivity contribution in [2.75, 3.05) is 55.9 Å². The first-order valence-electron chi connectivity index (χ1n) is 20.7. The van der Waals surface area contributed by atoms with E-state index in [-0.39, 0.29) is 47.3 Å². The van der Waals surface area contributed by atoms with E-state index in [1.165, 1.54) is 79.4 Å². The minimum absolute atomic E-state index is 0.180. The smallest absolute Gasteiger partial charge is 0.343 e. The van der Waals surface area contributed by atoms with E-state index in [0.29, 0.717) is 83.2 Å². The third-order valence-corrected chi connectivity index (χ3v) is 9.35. The molecule has 0 unspecified atom stereocenters. The Morgan fingerprint density at radius 1 is 0.462 bits per heavy atom. The van der Waals surface area contributed by atoms with Crippen LogP contribution in [0, 0.1) is 0 Å². The number of esters is 2. The number of hydrazone groups is 2. The van der Waals surface area contributed by atoms with Crippen molar-refractivity contribution in [3.63, 3.8) is 0 Å². The lowest BCUT2D eigenvalue weighted by molar-refractivity contribution is -0.121. The van der Waals surface area contributed by atoms with Crippen LogP contribution in [0.25, 0.3) is 0 Å². The Labute approximate surface area is 378 Å². The van der Waals surface area contributed by atoms with Gasteiger partial charge in [-0.2, -0.15) is 10.2 Å². The fourth-order valence-electron chi connectivity index (χ4n) is 6.20. The number of ether oxygens (including phenoxy) is 10. The largest absolute Gasteiger partial charge is 0.493 e. The quantitative estimate of drug-likeness (QED) is 0.0208. The summed E-state index contributed by atoms with van der Waals surface area (Å²) in [5.41, 5.74) is 6.64. The summed E-state index contributed by atoms with van der Waals surface area (Å²) >= 11 is 0. The number of hydrogen-bond donors (Lipinski definition) is 2. The van der Waals surface area contributed by atoms with Crippen molar-refractivity contribution >= 4 is 36.2 Å². The number of hydrogen-bond acceptors (Lipinski definition) is 16. The van der Waals surface area contributed by atoms with Gasteiger partial charge in [-0.3, -0.25) is 9.59 Å². The highest BCUT2D eigenvalue weighted by Crippen LogP contribution is 2.40. The SMILES string of the molecule is CCOc1cc(/C=N/NC(=O)CCCCCCCC(=O)N/N=C/c2ccc(OC(=O)c3cc(OC)c(OC)c(OC)c3)c(OCC)c2)ccc1OC(=O)c1cc(OC)c(OC)c(OC)c1. The normalized spacial score (nSPS) is 10.8. The predicted molar refractivity (Wildman–Crippen MR) is 241 cm³/mol. The van der Waals surface area contributed by atoms with Gasteiger partial charge >= 0.3 is 11.9 Å². The number of benzene rings is 4. The maximum Gasteiger partial charge on any atom is 0.343 e. The second-order valence-electron chi connectivity index (χ2n) is 13.7. The van der Waals surface area contributed by atoms with Crippen molar-refractivity contribution in [2.24, 2.45) is 10.2 Å². The minimum atomic E-state index is -0.664. The molecule has 0 fully saturated rings.